The van der Waals surface area contributed by atoms with E-state index in [0.717, 1.165) is 32.4 Å². The van der Waals surface area contributed by atoms with Crippen LogP contribution in [0.3, 0.4) is 0 Å². The number of nitrogens with zero attached hydrogens (tertiary/aromatic N) is 2. The molecule has 2 fully saturated rings. The van der Waals surface area contributed by atoms with Crippen molar-refractivity contribution in [2.45, 2.75) is 30.9 Å². The van der Waals surface area contributed by atoms with Gasteiger partial charge < -0.3 is 19.4 Å². The van der Waals surface area contributed by atoms with Gasteiger partial charge in [0.1, 0.15) is 5.82 Å². The minimum Gasteiger partial charge on any atom is -0.438 e. The Morgan fingerprint density at radius 1 is 1.28 bits per heavy atom. The standard InChI is InChI=1S/C18H20FN3O3/c19-13-1-3-14(4-2-13)22(17(23)16-10-21-12-24-16)15-9-18(25-11-15)5-7-20-8-6-18/h1-4,10,12,15,20H,5-9,11H2/t15-/m1/s1. The summed E-state index contributed by atoms with van der Waals surface area (Å²) in [5, 5.41) is 3.34. The van der Waals surface area contributed by atoms with Gasteiger partial charge in [-0.1, -0.05) is 0 Å². The minimum absolute atomic E-state index is 0.124. The zero-order chi connectivity index (χ0) is 17.3. The van der Waals surface area contributed by atoms with Gasteiger partial charge in [0.2, 0.25) is 5.76 Å². The fourth-order valence-electron chi connectivity index (χ4n) is 3.75. The topological polar surface area (TPSA) is 67.6 Å². The van der Waals surface area contributed by atoms with E-state index in [4.69, 9.17) is 9.15 Å². The smallest absolute Gasteiger partial charge is 0.296 e. The monoisotopic (exact) mass is 345 g/mol. The zero-order valence-corrected chi connectivity index (χ0v) is 13.8. The number of halogens is 1. The second-order valence-electron chi connectivity index (χ2n) is 6.62. The number of anilines is 1. The third-order valence-electron chi connectivity index (χ3n) is 5.04. The van der Waals surface area contributed by atoms with E-state index in [2.05, 4.69) is 10.3 Å². The fourth-order valence-corrected chi connectivity index (χ4v) is 3.75. The molecule has 4 rings (SSSR count). The van der Waals surface area contributed by atoms with Crippen molar-refractivity contribution >= 4 is 11.6 Å². The highest BCUT2D eigenvalue weighted by atomic mass is 19.1. The van der Waals surface area contributed by atoms with Crippen molar-refractivity contribution < 1.29 is 18.3 Å². The van der Waals surface area contributed by atoms with E-state index in [-0.39, 0.29) is 29.1 Å². The van der Waals surface area contributed by atoms with Gasteiger partial charge in [0.05, 0.1) is 24.4 Å². The lowest BCUT2D eigenvalue weighted by Crippen LogP contribution is -2.44. The highest BCUT2D eigenvalue weighted by Gasteiger charge is 2.45. The number of ether oxygens (including phenoxy) is 1. The molecule has 1 spiro atoms. The summed E-state index contributed by atoms with van der Waals surface area (Å²) >= 11 is 0. The van der Waals surface area contributed by atoms with Gasteiger partial charge in [-0.25, -0.2) is 9.37 Å². The van der Waals surface area contributed by atoms with Gasteiger partial charge in [0.15, 0.2) is 6.39 Å². The van der Waals surface area contributed by atoms with E-state index in [1.165, 1.54) is 24.7 Å². The van der Waals surface area contributed by atoms with E-state index < -0.39 is 0 Å². The molecule has 0 unspecified atom stereocenters. The summed E-state index contributed by atoms with van der Waals surface area (Å²) in [6.45, 7) is 2.29. The van der Waals surface area contributed by atoms with Crippen LogP contribution in [-0.2, 0) is 4.74 Å². The Morgan fingerprint density at radius 2 is 2.04 bits per heavy atom. The van der Waals surface area contributed by atoms with Crippen molar-refractivity contribution in [3.05, 3.63) is 48.4 Å². The van der Waals surface area contributed by atoms with Crippen LogP contribution in [0.15, 0.2) is 41.3 Å². The molecule has 2 saturated heterocycles. The van der Waals surface area contributed by atoms with E-state index >= 15 is 0 Å². The molecule has 132 valence electrons. The summed E-state index contributed by atoms with van der Waals surface area (Å²) in [7, 11) is 0. The fraction of sp³-hybridized carbons (Fsp3) is 0.444. The van der Waals surface area contributed by atoms with Crippen LogP contribution < -0.4 is 10.2 Å². The molecule has 0 bridgehead atoms. The summed E-state index contributed by atoms with van der Waals surface area (Å²) in [5.74, 6) is -0.465. The number of rotatable bonds is 3. The summed E-state index contributed by atoms with van der Waals surface area (Å²) in [6.07, 6.45) is 5.24. The van der Waals surface area contributed by atoms with Crippen LogP contribution in [-0.4, -0.2) is 42.2 Å². The van der Waals surface area contributed by atoms with Crippen molar-refractivity contribution in [3.63, 3.8) is 0 Å². The SMILES string of the molecule is O=C(c1cnco1)N(c1ccc(F)cc1)[C@H]1COC2(CCNCC2)C1. The largest absolute Gasteiger partial charge is 0.438 e. The number of hydrogen-bond donors (Lipinski definition) is 1. The van der Waals surface area contributed by atoms with E-state index in [1.54, 1.807) is 17.0 Å². The van der Waals surface area contributed by atoms with Crippen LogP contribution in [0.5, 0.6) is 0 Å². The number of carbonyl (C=O) groups is 1. The molecule has 0 saturated carbocycles. The average molecular weight is 345 g/mol. The predicted molar refractivity (Wildman–Crippen MR) is 88.9 cm³/mol. The first-order chi connectivity index (χ1) is 12.2. The van der Waals surface area contributed by atoms with E-state index in [0.29, 0.717) is 12.3 Å². The van der Waals surface area contributed by atoms with Gasteiger partial charge in [-0.15, -0.1) is 0 Å². The lowest BCUT2D eigenvalue weighted by Gasteiger charge is -2.34. The van der Waals surface area contributed by atoms with Crippen LogP contribution >= 0.6 is 0 Å². The maximum atomic E-state index is 13.3. The van der Waals surface area contributed by atoms with Crippen LogP contribution in [0, 0.1) is 5.82 Å². The average Bonchev–Trinajstić information content (AvgIpc) is 3.29. The summed E-state index contributed by atoms with van der Waals surface area (Å²) < 4.78 is 24.6. The lowest BCUT2D eigenvalue weighted by atomic mass is 9.88. The second-order valence-corrected chi connectivity index (χ2v) is 6.62. The Hall–Kier alpha value is -2.25. The number of oxazole rings is 1. The molecule has 1 N–H and O–H groups in total. The molecule has 7 heteroatoms. The Balaban J connectivity index is 1.63. The van der Waals surface area contributed by atoms with Crippen molar-refractivity contribution in [1.82, 2.24) is 10.3 Å². The van der Waals surface area contributed by atoms with Gasteiger partial charge in [-0.3, -0.25) is 4.79 Å². The molecule has 1 aromatic heterocycles. The lowest BCUT2D eigenvalue weighted by molar-refractivity contribution is -0.0193. The summed E-state index contributed by atoms with van der Waals surface area (Å²) in [4.78, 5) is 18.5. The number of carbonyl (C=O) groups excluding carboxylic acids is 1. The summed E-state index contributed by atoms with van der Waals surface area (Å²) in [5.41, 5.74) is 0.443. The van der Waals surface area contributed by atoms with Crippen molar-refractivity contribution in [3.8, 4) is 0 Å². The molecule has 0 aliphatic carbocycles. The van der Waals surface area contributed by atoms with Gasteiger partial charge in [0, 0.05) is 5.69 Å². The molecule has 2 aromatic rings. The van der Waals surface area contributed by atoms with Gasteiger partial charge >= 0.3 is 0 Å². The van der Waals surface area contributed by atoms with Gasteiger partial charge in [0.25, 0.3) is 5.91 Å². The molecule has 6 nitrogen and oxygen atoms in total. The molecule has 2 aliphatic rings. The quantitative estimate of drug-likeness (QED) is 0.925. The molecule has 3 heterocycles. The first-order valence-electron chi connectivity index (χ1n) is 8.49. The highest BCUT2D eigenvalue weighted by molar-refractivity contribution is 6.04. The van der Waals surface area contributed by atoms with Crippen molar-refractivity contribution in [2.24, 2.45) is 0 Å². The van der Waals surface area contributed by atoms with Crippen molar-refractivity contribution in [2.75, 3.05) is 24.6 Å². The first kappa shape index (κ1) is 16.2. The second kappa shape index (κ2) is 6.57. The molecular weight excluding hydrogens is 325 g/mol. The molecule has 1 atom stereocenters. The van der Waals surface area contributed by atoms with Gasteiger partial charge in [-0.05, 0) is 56.6 Å². The first-order valence-corrected chi connectivity index (χ1v) is 8.49. The number of benzene rings is 1. The maximum absolute atomic E-state index is 13.3. The molecule has 0 radical (unpaired) electrons. The minimum atomic E-state index is -0.340. The zero-order valence-electron chi connectivity index (χ0n) is 13.8. The number of piperidine rings is 1. The Morgan fingerprint density at radius 3 is 2.72 bits per heavy atom. The Labute approximate surface area is 145 Å². The molecule has 1 aromatic carbocycles. The van der Waals surface area contributed by atoms with Crippen LogP contribution in [0.4, 0.5) is 10.1 Å². The van der Waals surface area contributed by atoms with E-state index in [1.807, 2.05) is 0 Å². The van der Waals surface area contributed by atoms with Crippen LogP contribution in [0.25, 0.3) is 0 Å². The Bertz CT molecular complexity index is 727. The number of hydrogen-bond acceptors (Lipinski definition) is 5. The Kier molecular flexibility index (Phi) is 4.27. The highest BCUT2D eigenvalue weighted by Crippen LogP contribution is 2.38. The molecule has 25 heavy (non-hydrogen) atoms. The molecular formula is C18H20FN3O3. The summed E-state index contributed by atoms with van der Waals surface area (Å²) in [6, 6.07) is 5.80. The third-order valence-corrected chi connectivity index (χ3v) is 5.04. The number of nitrogens with one attached hydrogen (secondary N) is 1. The third kappa shape index (κ3) is 3.17. The molecule has 2 aliphatic heterocycles. The van der Waals surface area contributed by atoms with E-state index in [9.17, 15) is 9.18 Å². The number of amides is 1. The normalized spacial score (nSPS) is 22.2. The number of aromatic nitrogens is 1. The van der Waals surface area contributed by atoms with Gasteiger partial charge in [-0.2, -0.15) is 0 Å². The van der Waals surface area contributed by atoms with Crippen molar-refractivity contribution in [1.29, 1.82) is 0 Å². The maximum Gasteiger partial charge on any atom is 0.296 e. The molecule has 1 amide bonds. The predicted octanol–water partition coefficient (Wildman–Crippen LogP) is 2.37. The van der Waals surface area contributed by atoms with Crippen LogP contribution in [0.1, 0.15) is 29.8 Å². The van der Waals surface area contributed by atoms with Crippen LogP contribution in [0.2, 0.25) is 0 Å².